The van der Waals surface area contributed by atoms with Crippen molar-refractivity contribution in [3.63, 3.8) is 0 Å². The third-order valence-corrected chi connectivity index (χ3v) is 4.94. The molecule has 0 fully saturated rings. The molecular weight excluding hydrogens is 439 g/mol. The lowest BCUT2D eigenvalue weighted by molar-refractivity contribution is 0.0692. The van der Waals surface area contributed by atoms with Gasteiger partial charge in [0.1, 0.15) is 23.1 Å². The van der Waals surface area contributed by atoms with Crippen LogP contribution in [0.2, 0.25) is 10.0 Å². The van der Waals surface area contributed by atoms with Gasteiger partial charge in [-0.2, -0.15) is 0 Å². The SMILES string of the molecule is COc1cccc(-c2cc(F)c(NC(=O)c3cc(Cl)c(Cl)cc3C(=O)O)c(F)c2)c1. The molecule has 2 N–H and O–H groups in total. The average molecular weight is 452 g/mol. The predicted molar refractivity (Wildman–Crippen MR) is 110 cm³/mol. The highest BCUT2D eigenvalue weighted by Gasteiger charge is 2.22. The van der Waals surface area contributed by atoms with Crippen molar-refractivity contribution >= 4 is 40.8 Å². The maximum Gasteiger partial charge on any atom is 0.336 e. The minimum Gasteiger partial charge on any atom is -0.497 e. The number of carbonyl (C=O) groups is 2. The number of anilines is 1. The molecule has 30 heavy (non-hydrogen) atoms. The molecule has 5 nitrogen and oxygen atoms in total. The van der Waals surface area contributed by atoms with Crippen molar-refractivity contribution in [3.05, 3.63) is 81.3 Å². The molecule has 1 amide bonds. The highest BCUT2D eigenvalue weighted by atomic mass is 35.5. The van der Waals surface area contributed by atoms with Crippen LogP contribution in [0.5, 0.6) is 5.75 Å². The predicted octanol–water partition coefficient (Wildman–Crippen LogP) is 5.90. The smallest absolute Gasteiger partial charge is 0.336 e. The summed E-state index contributed by atoms with van der Waals surface area (Å²) in [6.45, 7) is 0. The lowest BCUT2D eigenvalue weighted by atomic mass is 10.0. The van der Waals surface area contributed by atoms with Gasteiger partial charge in [-0.25, -0.2) is 13.6 Å². The molecule has 9 heteroatoms. The number of carbonyl (C=O) groups excluding carboxylic acids is 1. The summed E-state index contributed by atoms with van der Waals surface area (Å²) in [6, 6.07) is 10.7. The van der Waals surface area contributed by atoms with Gasteiger partial charge in [-0.15, -0.1) is 0 Å². The molecule has 0 aromatic heterocycles. The number of amides is 1. The second-order valence-corrected chi connectivity index (χ2v) is 6.93. The van der Waals surface area contributed by atoms with Crippen molar-refractivity contribution in [2.24, 2.45) is 0 Å². The number of methoxy groups -OCH3 is 1. The monoisotopic (exact) mass is 451 g/mol. The molecule has 0 saturated heterocycles. The van der Waals surface area contributed by atoms with Gasteiger partial charge in [-0.05, 0) is 47.5 Å². The Morgan fingerprint density at radius 1 is 0.933 bits per heavy atom. The van der Waals surface area contributed by atoms with Crippen LogP contribution in [0.1, 0.15) is 20.7 Å². The van der Waals surface area contributed by atoms with Crippen LogP contribution in [-0.2, 0) is 0 Å². The maximum atomic E-state index is 14.6. The zero-order valence-corrected chi connectivity index (χ0v) is 16.8. The number of carboxylic acid groups (broad SMARTS) is 1. The Kier molecular flexibility index (Phi) is 6.24. The summed E-state index contributed by atoms with van der Waals surface area (Å²) in [5.74, 6) is -4.09. The van der Waals surface area contributed by atoms with Crippen molar-refractivity contribution in [1.82, 2.24) is 0 Å². The number of hydrogen-bond donors (Lipinski definition) is 2. The first kappa shape index (κ1) is 21.5. The normalized spacial score (nSPS) is 10.6. The molecule has 0 saturated carbocycles. The maximum absolute atomic E-state index is 14.6. The Morgan fingerprint density at radius 2 is 1.53 bits per heavy atom. The third-order valence-electron chi connectivity index (χ3n) is 4.22. The zero-order valence-electron chi connectivity index (χ0n) is 15.3. The van der Waals surface area contributed by atoms with Gasteiger partial charge in [0.05, 0.1) is 28.3 Å². The van der Waals surface area contributed by atoms with Crippen molar-refractivity contribution in [3.8, 4) is 16.9 Å². The minimum atomic E-state index is -1.45. The molecule has 3 aromatic carbocycles. The van der Waals surface area contributed by atoms with Crippen LogP contribution >= 0.6 is 23.2 Å². The molecule has 0 heterocycles. The van der Waals surface area contributed by atoms with Crippen LogP contribution in [0.4, 0.5) is 14.5 Å². The van der Waals surface area contributed by atoms with E-state index in [4.69, 9.17) is 27.9 Å². The number of rotatable bonds is 5. The standard InChI is InChI=1S/C21H13Cl2F2NO4/c1-30-12-4-2-3-10(5-12)11-6-17(24)19(18(25)7-11)26-20(27)13-8-15(22)16(23)9-14(13)21(28)29/h2-9H,1H3,(H,26,27)(H,28,29). The fourth-order valence-electron chi connectivity index (χ4n) is 2.75. The topological polar surface area (TPSA) is 75.6 Å². The summed E-state index contributed by atoms with van der Waals surface area (Å²) in [7, 11) is 1.47. The van der Waals surface area contributed by atoms with E-state index in [-0.39, 0.29) is 15.6 Å². The molecule has 0 aliphatic carbocycles. The van der Waals surface area contributed by atoms with Gasteiger partial charge in [0.25, 0.3) is 5.91 Å². The summed E-state index contributed by atoms with van der Waals surface area (Å²) >= 11 is 11.6. The Labute approximate surface area is 179 Å². The Hall–Kier alpha value is -3.16. The fraction of sp³-hybridized carbons (Fsp3) is 0.0476. The first-order valence-corrected chi connectivity index (χ1v) is 9.14. The van der Waals surface area contributed by atoms with E-state index < -0.39 is 40.3 Å². The van der Waals surface area contributed by atoms with Crippen LogP contribution in [0, 0.1) is 11.6 Å². The number of aromatic carboxylic acids is 1. The van der Waals surface area contributed by atoms with Crippen molar-refractivity contribution in [1.29, 1.82) is 0 Å². The largest absolute Gasteiger partial charge is 0.497 e. The summed E-state index contributed by atoms with van der Waals surface area (Å²) in [5.41, 5.74) is -0.859. The number of carboxylic acids is 1. The first-order chi connectivity index (χ1) is 14.2. The number of hydrogen-bond acceptors (Lipinski definition) is 3. The van der Waals surface area contributed by atoms with E-state index in [0.717, 1.165) is 24.3 Å². The van der Waals surface area contributed by atoms with Crippen molar-refractivity contribution in [2.45, 2.75) is 0 Å². The summed E-state index contributed by atoms with van der Waals surface area (Å²) in [4.78, 5) is 23.9. The van der Waals surface area contributed by atoms with E-state index in [2.05, 4.69) is 5.32 Å². The number of benzene rings is 3. The van der Waals surface area contributed by atoms with Crippen molar-refractivity contribution in [2.75, 3.05) is 12.4 Å². The summed E-state index contributed by atoms with van der Waals surface area (Å²) in [6.07, 6.45) is 0. The average Bonchev–Trinajstić information content (AvgIpc) is 2.71. The highest BCUT2D eigenvalue weighted by molar-refractivity contribution is 6.42. The third kappa shape index (κ3) is 4.37. The van der Waals surface area contributed by atoms with Gasteiger partial charge in [0, 0.05) is 0 Å². The molecule has 3 rings (SSSR count). The molecular formula is C21H13Cl2F2NO4. The van der Waals surface area contributed by atoms with E-state index in [0.29, 0.717) is 11.3 Å². The van der Waals surface area contributed by atoms with Gasteiger partial charge in [0.15, 0.2) is 0 Å². The second kappa shape index (κ2) is 8.69. The van der Waals surface area contributed by atoms with Crippen LogP contribution in [0.25, 0.3) is 11.1 Å². The van der Waals surface area contributed by atoms with E-state index >= 15 is 0 Å². The van der Waals surface area contributed by atoms with Crippen LogP contribution in [0.15, 0.2) is 48.5 Å². The van der Waals surface area contributed by atoms with Crippen molar-refractivity contribution < 1.29 is 28.2 Å². The molecule has 0 aliphatic heterocycles. The number of ether oxygens (including phenoxy) is 1. The quantitative estimate of drug-likeness (QED) is 0.506. The lowest BCUT2D eigenvalue weighted by Crippen LogP contribution is -2.18. The van der Waals surface area contributed by atoms with Gasteiger partial charge in [-0.1, -0.05) is 35.3 Å². The molecule has 3 aromatic rings. The van der Waals surface area contributed by atoms with E-state index in [9.17, 15) is 23.5 Å². The van der Waals surface area contributed by atoms with E-state index in [1.807, 2.05) is 0 Å². The molecule has 0 spiro atoms. The first-order valence-electron chi connectivity index (χ1n) is 8.38. The van der Waals surface area contributed by atoms with Gasteiger partial charge in [0.2, 0.25) is 0 Å². The Bertz CT molecular complexity index is 1140. The summed E-state index contributed by atoms with van der Waals surface area (Å²) in [5, 5.41) is 11.2. The molecule has 0 bridgehead atoms. The second-order valence-electron chi connectivity index (χ2n) is 6.12. The Balaban J connectivity index is 1.97. The minimum absolute atomic E-state index is 0.0781. The number of nitrogens with one attached hydrogen (secondary N) is 1. The summed E-state index contributed by atoms with van der Waals surface area (Å²) < 4.78 is 34.3. The molecule has 0 radical (unpaired) electrons. The van der Waals surface area contributed by atoms with Crippen LogP contribution in [-0.4, -0.2) is 24.1 Å². The van der Waals surface area contributed by atoms with Gasteiger partial charge >= 0.3 is 5.97 Å². The molecule has 154 valence electrons. The fourth-order valence-corrected chi connectivity index (χ4v) is 3.08. The number of halogens is 4. The van der Waals surface area contributed by atoms with E-state index in [1.165, 1.54) is 7.11 Å². The Morgan fingerprint density at radius 3 is 2.10 bits per heavy atom. The lowest BCUT2D eigenvalue weighted by Gasteiger charge is -2.12. The highest BCUT2D eigenvalue weighted by Crippen LogP contribution is 2.31. The zero-order chi connectivity index (χ0) is 22.0. The molecule has 0 atom stereocenters. The van der Waals surface area contributed by atoms with Gasteiger partial charge < -0.3 is 15.2 Å². The van der Waals surface area contributed by atoms with Crippen LogP contribution < -0.4 is 10.1 Å². The van der Waals surface area contributed by atoms with Gasteiger partial charge in [-0.3, -0.25) is 4.79 Å². The molecule has 0 aliphatic rings. The molecule has 0 unspecified atom stereocenters. The van der Waals surface area contributed by atoms with E-state index in [1.54, 1.807) is 24.3 Å². The van der Waals surface area contributed by atoms with Crippen LogP contribution in [0.3, 0.4) is 0 Å².